The molecule has 0 nitrogen and oxygen atoms in total. The van der Waals surface area contributed by atoms with Crippen LogP contribution < -0.4 is 0 Å². The van der Waals surface area contributed by atoms with Crippen molar-refractivity contribution >= 4 is 60.3 Å². The van der Waals surface area contributed by atoms with E-state index >= 15 is 0 Å². The Kier molecular flexibility index (Phi) is 11.8. The van der Waals surface area contributed by atoms with Crippen LogP contribution in [-0.4, -0.2) is 3.21 Å². The molecule has 7 rings (SSSR count). The Morgan fingerprint density at radius 1 is 0.500 bits per heavy atom. The predicted molar refractivity (Wildman–Crippen MR) is 177 cm³/mol. The van der Waals surface area contributed by atoms with Gasteiger partial charge in [-0.1, -0.05) is 47.5 Å². The Balaban J connectivity index is 0.000000162. The summed E-state index contributed by atoms with van der Waals surface area (Å²) < 4.78 is 1.42. The molecule has 3 heteroatoms. The molecule has 0 saturated carbocycles. The summed E-state index contributed by atoms with van der Waals surface area (Å²) in [5, 5.41) is 8.14. The van der Waals surface area contributed by atoms with Gasteiger partial charge in [-0.15, -0.1) is 93.5 Å². The van der Waals surface area contributed by atoms with Crippen molar-refractivity contribution < 1.29 is 24.2 Å². The summed E-state index contributed by atoms with van der Waals surface area (Å²) in [6, 6.07) is 51.2. The Morgan fingerprint density at radius 2 is 0.975 bits per heavy atom. The molecule has 7 aromatic rings. The van der Waals surface area contributed by atoms with Gasteiger partial charge in [0, 0.05) is 0 Å². The fourth-order valence-electron chi connectivity index (χ4n) is 4.75. The first kappa shape index (κ1) is 31.4. The number of aryl methyl sites for hydroxylation is 2. The quantitative estimate of drug-likeness (QED) is 0.165. The van der Waals surface area contributed by atoms with Gasteiger partial charge in [0.15, 0.2) is 0 Å². The van der Waals surface area contributed by atoms with Gasteiger partial charge >= 0.3 is 99.2 Å². The van der Waals surface area contributed by atoms with Gasteiger partial charge in [0.1, 0.15) is 0 Å². The fraction of sp³-hybridized carbons (Fsp3) is 0.0541. The van der Waals surface area contributed by atoms with Crippen molar-refractivity contribution in [3.8, 4) is 0 Å². The van der Waals surface area contributed by atoms with Crippen LogP contribution in [0.4, 0.5) is 0 Å². The minimum Gasteiger partial charge on any atom is -0.126 e. The third kappa shape index (κ3) is 7.35. The van der Waals surface area contributed by atoms with Crippen LogP contribution in [0.5, 0.6) is 0 Å². The first-order valence-electron chi connectivity index (χ1n) is 13.0. The van der Waals surface area contributed by atoms with Crippen LogP contribution in [0.15, 0.2) is 146 Å². The molecule has 0 aliphatic rings. The van der Waals surface area contributed by atoms with Gasteiger partial charge in [-0.25, -0.2) is 0 Å². The van der Waals surface area contributed by atoms with E-state index in [1.54, 1.807) is 0 Å². The van der Waals surface area contributed by atoms with Crippen LogP contribution >= 0.6 is 24.8 Å². The topological polar surface area (TPSA) is 0 Å². The van der Waals surface area contributed by atoms with Crippen LogP contribution in [0.25, 0.3) is 32.3 Å². The number of hydrogen-bond acceptors (Lipinski definition) is 0. The van der Waals surface area contributed by atoms with Crippen LogP contribution in [0.3, 0.4) is 0 Å². The molecule has 0 fully saturated rings. The molecule has 0 saturated heterocycles. The van der Waals surface area contributed by atoms with Gasteiger partial charge in [0.2, 0.25) is 0 Å². The molecular formula is C37H32Cl2Zr. The SMILES string of the molecule is Cc1ccc2[cH-]ccc2c1C.Cl.Cl.[Zr+2]=[C](c1ccccc1)c1ccccc1.c1ccc2c(c1)[cH-]c1ccccc12. The van der Waals surface area contributed by atoms with E-state index in [0.717, 1.165) is 0 Å². The maximum Gasteiger partial charge on any atom is -0.0771 e. The van der Waals surface area contributed by atoms with E-state index in [1.807, 2.05) is 0 Å². The van der Waals surface area contributed by atoms with Gasteiger partial charge in [-0.05, 0) is 13.8 Å². The minimum absolute atomic E-state index is 0. The maximum absolute atomic E-state index is 2.24. The Labute approximate surface area is 264 Å². The van der Waals surface area contributed by atoms with E-state index in [0.29, 0.717) is 0 Å². The fourth-order valence-corrected chi connectivity index (χ4v) is 5.57. The summed E-state index contributed by atoms with van der Waals surface area (Å²) in [7, 11) is 0. The molecule has 0 aliphatic carbocycles. The molecular weight excluding hydrogens is 607 g/mol. The van der Waals surface area contributed by atoms with Crippen molar-refractivity contribution in [1.29, 1.82) is 0 Å². The molecule has 0 amide bonds. The monoisotopic (exact) mass is 636 g/mol. The van der Waals surface area contributed by atoms with Gasteiger partial charge < -0.3 is 0 Å². The number of rotatable bonds is 2. The van der Waals surface area contributed by atoms with Crippen LogP contribution in [-0.2, 0) is 24.2 Å². The molecule has 198 valence electrons. The van der Waals surface area contributed by atoms with Crippen LogP contribution in [0, 0.1) is 13.8 Å². The normalized spacial score (nSPS) is 10.0. The molecule has 40 heavy (non-hydrogen) atoms. The summed E-state index contributed by atoms with van der Waals surface area (Å²) in [6.07, 6.45) is 0. The van der Waals surface area contributed by atoms with Crippen molar-refractivity contribution in [3.63, 3.8) is 0 Å². The number of benzene rings is 5. The van der Waals surface area contributed by atoms with Crippen molar-refractivity contribution in [2.75, 3.05) is 0 Å². The standard InChI is InChI=1S/C13H9.C13H10.C11H11.2ClH.Zr/c1-3-7-12-10(5-1)9-11-6-2-4-8-13(11)12;1-3-7-12(8-4-1)11-13-9-5-2-6-10-13;1-8-6-7-10-4-3-5-11(10)9(8)2;;;/h1-9H;1-10H;3-7H,1-2H3;2*1H;/q-1;;-1;;;+2. The van der Waals surface area contributed by atoms with Crippen LogP contribution in [0.2, 0.25) is 0 Å². The summed E-state index contributed by atoms with van der Waals surface area (Å²) in [5.74, 6) is 0. The van der Waals surface area contributed by atoms with E-state index in [1.165, 1.54) is 82.0 Å². The van der Waals surface area contributed by atoms with Gasteiger partial charge in [0.05, 0.1) is 0 Å². The Hall–Kier alpha value is -3.09. The maximum atomic E-state index is 2.24. The molecule has 0 radical (unpaired) electrons. The van der Waals surface area contributed by atoms with Gasteiger partial charge in [-0.2, -0.15) is 12.1 Å². The largest absolute Gasteiger partial charge is 0.126 e. The van der Waals surface area contributed by atoms with Crippen LogP contribution in [0.1, 0.15) is 22.3 Å². The zero-order valence-corrected chi connectivity index (χ0v) is 26.8. The third-order valence-electron chi connectivity index (χ3n) is 7.01. The van der Waals surface area contributed by atoms with Crippen molar-refractivity contribution in [1.82, 2.24) is 0 Å². The second-order valence-electron chi connectivity index (χ2n) is 9.46. The molecule has 0 bridgehead atoms. The van der Waals surface area contributed by atoms with E-state index in [2.05, 4.69) is 159 Å². The van der Waals surface area contributed by atoms with E-state index < -0.39 is 0 Å². The molecule has 0 heterocycles. The zero-order valence-electron chi connectivity index (χ0n) is 22.7. The van der Waals surface area contributed by atoms with E-state index in [9.17, 15) is 0 Å². The number of halogens is 2. The summed E-state index contributed by atoms with van der Waals surface area (Å²) in [4.78, 5) is 0. The summed E-state index contributed by atoms with van der Waals surface area (Å²) in [6.45, 7) is 4.33. The minimum atomic E-state index is 0. The zero-order chi connectivity index (χ0) is 26.3. The Morgan fingerprint density at radius 3 is 1.50 bits per heavy atom. The number of hydrogen-bond donors (Lipinski definition) is 0. The predicted octanol–water partition coefficient (Wildman–Crippen LogP) is 10.5. The van der Waals surface area contributed by atoms with E-state index in [-0.39, 0.29) is 24.8 Å². The van der Waals surface area contributed by atoms with Crippen molar-refractivity contribution in [2.45, 2.75) is 13.8 Å². The molecule has 0 spiro atoms. The van der Waals surface area contributed by atoms with Crippen molar-refractivity contribution in [2.24, 2.45) is 0 Å². The molecule has 7 aromatic carbocycles. The molecule has 0 unspecified atom stereocenters. The second kappa shape index (κ2) is 15.1. The number of fused-ring (bicyclic) bond motifs is 4. The van der Waals surface area contributed by atoms with Crippen molar-refractivity contribution in [3.05, 3.63) is 168 Å². The summed E-state index contributed by atoms with van der Waals surface area (Å²) in [5.41, 5.74) is 5.45. The second-order valence-corrected chi connectivity index (χ2v) is 10.7. The Bertz CT molecular complexity index is 1700. The van der Waals surface area contributed by atoms with Gasteiger partial charge in [0.25, 0.3) is 0 Å². The smallest absolute Gasteiger partial charge is 0.0771 e. The molecule has 0 aromatic heterocycles. The molecule has 0 aliphatic heterocycles. The first-order chi connectivity index (χ1) is 18.6. The average Bonchev–Trinajstić information content (AvgIpc) is 3.62. The average molecular weight is 639 g/mol. The molecule has 0 N–H and O–H groups in total. The first-order valence-corrected chi connectivity index (χ1v) is 14.2. The van der Waals surface area contributed by atoms with Gasteiger partial charge in [-0.3, -0.25) is 0 Å². The third-order valence-corrected chi connectivity index (χ3v) is 8.42. The molecule has 0 atom stereocenters. The van der Waals surface area contributed by atoms with E-state index in [4.69, 9.17) is 0 Å². The summed E-state index contributed by atoms with van der Waals surface area (Å²) >= 11 is 1.46.